The molecule has 1 fully saturated rings. The SMILES string of the molecule is CC.CCCCOC(C)=O.c1cnccn1.c1cscn1.c1nc(CC2CCC[NH2+]2)cs1. The average Bonchev–Trinajstić information content (AvgIpc) is 3.63. The van der Waals surface area contributed by atoms with E-state index in [-0.39, 0.29) is 5.97 Å². The number of ether oxygens (including phenoxy) is 1. The molecule has 1 unspecified atom stereocenters. The minimum absolute atomic E-state index is 0.182. The Kier molecular flexibility index (Phi) is 21.8. The van der Waals surface area contributed by atoms with E-state index in [9.17, 15) is 4.79 Å². The van der Waals surface area contributed by atoms with Gasteiger partial charge >= 0.3 is 5.97 Å². The van der Waals surface area contributed by atoms with Crippen LogP contribution in [-0.2, 0) is 16.0 Å². The summed E-state index contributed by atoms with van der Waals surface area (Å²) in [4.78, 5) is 25.6. The first-order chi connectivity index (χ1) is 15.7. The van der Waals surface area contributed by atoms with Gasteiger partial charge in [0.1, 0.15) is 0 Å². The standard InChI is InChI=1S/C8H12N2S.C6H12O2.C4H4N2.C3H3NS.C2H6/c1-2-7(9-3-1)4-8-5-11-6-10-8;1-3-4-5-8-6(2)7;1-2-6-4-3-5-1;1-2-5-3-4-1;1-2/h5-7,9H,1-4H2;3-5H2,1-2H3;1-4H;1-3H;1-2H3/p+1. The maximum absolute atomic E-state index is 10.1. The molecule has 1 aliphatic heterocycles. The summed E-state index contributed by atoms with van der Waals surface area (Å²) in [6, 6.07) is 0.817. The van der Waals surface area contributed by atoms with Crippen LogP contribution in [0.4, 0.5) is 0 Å². The van der Waals surface area contributed by atoms with Crippen LogP contribution in [0.5, 0.6) is 0 Å². The monoisotopic (exact) mass is 480 g/mol. The van der Waals surface area contributed by atoms with E-state index in [1.165, 1.54) is 38.4 Å². The average molecular weight is 481 g/mol. The quantitative estimate of drug-likeness (QED) is 0.429. The zero-order chi connectivity index (χ0) is 23.7. The van der Waals surface area contributed by atoms with E-state index in [2.05, 4.69) is 42.3 Å². The first-order valence-electron chi connectivity index (χ1n) is 11.1. The highest BCUT2D eigenvalue weighted by Gasteiger charge is 2.18. The number of aromatic nitrogens is 4. The maximum atomic E-state index is 10.1. The van der Waals surface area contributed by atoms with Crippen molar-refractivity contribution in [2.24, 2.45) is 0 Å². The van der Waals surface area contributed by atoms with E-state index in [1.807, 2.05) is 24.7 Å². The predicted octanol–water partition coefficient (Wildman–Crippen LogP) is 4.41. The van der Waals surface area contributed by atoms with E-state index in [0.29, 0.717) is 6.61 Å². The Morgan fingerprint density at radius 2 is 1.81 bits per heavy atom. The number of unbranched alkanes of at least 4 members (excludes halogenated alkanes) is 1. The van der Waals surface area contributed by atoms with Gasteiger partial charge in [-0.2, -0.15) is 0 Å². The first-order valence-corrected chi connectivity index (χ1v) is 13.0. The molecule has 0 saturated carbocycles. The fourth-order valence-corrected chi connectivity index (χ4v) is 3.36. The van der Waals surface area contributed by atoms with Crippen LogP contribution >= 0.6 is 22.7 Å². The molecule has 4 heterocycles. The Bertz CT molecular complexity index is 663. The summed E-state index contributed by atoms with van der Waals surface area (Å²) in [5, 5.41) is 6.53. The molecule has 1 saturated heterocycles. The number of carbonyl (C=O) groups is 1. The second-order valence-electron chi connectivity index (χ2n) is 6.37. The highest BCUT2D eigenvalue weighted by molar-refractivity contribution is 7.07. The van der Waals surface area contributed by atoms with E-state index in [4.69, 9.17) is 0 Å². The van der Waals surface area contributed by atoms with E-state index in [1.54, 1.807) is 59.2 Å². The van der Waals surface area contributed by atoms with Crippen LogP contribution in [0, 0.1) is 0 Å². The van der Waals surface area contributed by atoms with E-state index >= 15 is 0 Å². The Morgan fingerprint density at radius 3 is 2.19 bits per heavy atom. The number of thiazole rings is 2. The summed E-state index contributed by atoms with van der Waals surface area (Å²) in [7, 11) is 0. The summed E-state index contributed by atoms with van der Waals surface area (Å²) in [6.07, 6.45) is 14.3. The second-order valence-corrected chi connectivity index (χ2v) is 7.85. The zero-order valence-corrected chi connectivity index (χ0v) is 21.4. The largest absolute Gasteiger partial charge is 0.466 e. The predicted molar refractivity (Wildman–Crippen MR) is 133 cm³/mol. The smallest absolute Gasteiger partial charge is 0.302 e. The summed E-state index contributed by atoms with van der Waals surface area (Å²) in [5.74, 6) is -0.182. The van der Waals surface area contributed by atoms with Crippen LogP contribution in [0.1, 0.15) is 59.1 Å². The Morgan fingerprint density at radius 1 is 1.09 bits per heavy atom. The molecule has 0 spiro atoms. The fourth-order valence-electron chi connectivity index (χ4n) is 2.43. The fraction of sp³-hybridized carbons (Fsp3) is 0.522. The molecule has 4 rings (SSSR count). The number of esters is 1. The van der Waals surface area contributed by atoms with Gasteiger partial charge in [-0.25, -0.2) is 4.98 Å². The highest BCUT2D eigenvalue weighted by Crippen LogP contribution is 2.07. The molecule has 32 heavy (non-hydrogen) atoms. The maximum Gasteiger partial charge on any atom is 0.302 e. The van der Waals surface area contributed by atoms with Gasteiger partial charge in [-0.15, -0.1) is 22.7 Å². The van der Waals surface area contributed by atoms with Crippen molar-refractivity contribution in [3.63, 3.8) is 0 Å². The lowest BCUT2D eigenvalue weighted by molar-refractivity contribution is -0.669. The van der Waals surface area contributed by atoms with Crippen molar-refractivity contribution in [2.75, 3.05) is 13.2 Å². The Balaban J connectivity index is 0.000000407. The summed E-state index contributed by atoms with van der Waals surface area (Å²) < 4.78 is 4.64. The number of nitrogens with zero attached hydrogens (tertiary/aromatic N) is 4. The van der Waals surface area contributed by atoms with Gasteiger partial charge in [-0.05, 0) is 6.42 Å². The van der Waals surface area contributed by atoms with E-state index < -0.39 is 0 Å². The molecule has 0 aliphatic carbocycles. The third-order valence-electron chi connectivity index (χ3n) is 3.86. The number of nitrogens with two attached hydrogens (primary N) is 1. The number of hydrogen-bond donors (Lipinski definition) is 1. The normalized spacial score (nSPS) is 13.4. The summed E-state index contributed by atoms with van der Waals surface area (Å²) >= 11 is 3.30. The minimum atomic E-state index is -0.182. The molecular weight excluding hydrogens is 442 g/mol. The molecule has 1 aliphatic rings. The van der Waals surface area contributed by atoms with Gasteiger partial charge in [0.25, 0.3) is 0 Å². The third-order valence-corrected chi connectivity index (χ3v) is 5.02. The lowest BCUT2D eigenvalue weighted by Crippen LogP contribution is -2.87. The van der Waals surface area contributed by atoms with Crippen molar-refractivity contribution in [3.05, 3.63) is 58.5 Å². The van der Waals surface area contributed by atoms with Gasteiger partial charge in [0, 0.05) is 67.9 Å². The van der Waals surface area contributed by atoms with Crippen LogP contribution in [0.3, 0.4) is 0 Å². The molecule has 0 bridgehead atoms. The molecule has 0 amide bonds. The van der Waals surface area contributed by atoms with Crippen LogP contribution in [-0.4, -0.2) is 45.1 Å². The molecule has 178 valence electrons. The van der Waals surface area contributed by atoms with Crippen LogP contribution in [0.15, 0.2) is 52.8 Å². The second kappa shape index (κ2) is 23.4. The van der Waals surface area contributed by atoms with Crippen molar-refractivity contribution < 1.29 is 14.8 Å². The van der Waals surface area contributed by atoms with Crippen LogP contribution < -0.4 is 5.32 Å². The zero-order valence-electron chi connectivity index (χ0n) is 19.7. The Hall–Kier alpha value is -2.23. The van der Waals surface area contributed by atoms with Crippen molar-refractivity contribution >= 4 is 28.6 Å². The molecule has 7 nitrogen and oxygen atoms in total. The molecule has 9 heteroatoms. The topological polar surface area (TPSA) is 94.5 Å². The van der Waals surface area contributed by atoms with Gasteiger partial charge in [0.15, 0.2) is 0 Å². The van der Waals surface area contributed by atoms with Gasteiger partial charge in [-0.1, -0.05) is 27.2 Å². The molecule has 2 N–H and O–H groups in total. The number of hydrogen-bond acceptors (Lipinski definition) is 8. The Labute approximate surface area is 200 Å². The molecule has 3 aromatic rings. The van der Waals surface area contributed by atoms with Crippen molar-refractivity contribution in [3.8, 4) is 0 Å². The van der Waals surface area contributed by atoms with Gasteiger partial charge < -0.3 is 10.1 Å². The minimum Gasteiger partial charge on any atom is -0.466 e. The van der Waals surface area contributed by atoms with Crippen LogP contribution in [0.25, 0.3) is 0 Å². The first kappa shape index (κ1) is 29.8. The van der Waals surface area contributed by atoms with Crippen LogP contribution in [0.2, 0.25) is 0 Å². The lowest BCUT2D eigenvalue weighted by atomic mass is 10.1. The van der Waals surface area contributed by atoms with Gasteiger partial charge in [0.05, 0.1) is 35.9 Å². The molecule has 3 aromatic heterocycles. The van der Waals surface area contributed by atoms with E-state index in [0.717, 1.165) is 18.9 Å². The van der Waals surface area contributed by atoms with Crippen molar-refractivity contribution in [2.45, 2.75) is 65.8 Å². The van der Waals surface area contributed by atoms with Gasteiger partial charge in [0.2, 0.25) is 0 Å². The van der Waals surface area contributed by atoms with Crippen molar-refractivity contribution in [1.29, 1.82) is 0 Å². The molecular formula is C23H38N5O2S2+. The number of carbonyl (C=O) groups excluding carboxylic acids is 1. The number of quaternary nitrogens is 1. The molecule has 1 atom stereocenters. The third kappa shape index (κ3) is 19.7. The van der Waals surface area contributed by atoms with Gasteiger partial charge in [-0.3, -0.25) is 19.7 Å². The molecule has 0 aromatic carbocycles. The lowest BCUT2D eigenvalue weighted by Gasteiger charge is -2.02. The molecule has 0 radical (unpaired) electrons. The van der Waals surface area contributed by atoms with Crippen molar-refractivity contribution in [1.82, 2.24) is 19.9 Å². The summed E-state index contributed by atoms with van der Waals surface area (Å²) in [6.45, 7) is 9.37. The summed E-state index contributed by atoms with van der Waals surface area (Å²) in [5.41, 5.74) is 4.99. The highest BCUT2D eigenvalue weighted by atomic mass is 32.1. The number of rotatable bonds is 5.